The van der Waals surface area contributed by atoms with Crippen LogP contribution in [0.1, 0.15) is 37.1 Å². The van der Waals surface area contributed by atoms with Crippen molar-refractivity contribution in [1.82, 2.24) is 25.3 Å². The molecule has 3 aromatic rings. The van der Waals surface area contributed by atoms with Crippen LogP contribution < -0.4 is 15.5 Å². The summed E-state index contributed by atoms with van der Waals surface area (Å²) in [4.78, 5) is 19.0. The van der Waals surface area contributed by atoms with Crippen LogP contribution in [0.2, 0.25) is 0 Å². The molecule has 0 atom stereocenters. The highest BCUT2D eigenvalue weighted by atomic mass is 15.2. The molecule has 1 aliphatic rings. The van der Waals surface area contributed by atoms with Gasteiger partial charge >= 0.3 is 0 Å². The summed E-state index contributed by atoms with van der Waals surface area (Å²) in [6, 6.07) is 9.15. The van der Waals surface area contributed by atoms with Gasteiger partial charge in [0.1, 0.15) is 5.82 Å². The Labute approximate surface area is 166 Å². The van der Waals surface area contributed by atoms with E-state index in [1.54, 1.807) is 6.33 Å². The summed E-state index contributed by atoms with van der Waals surface area (Å²) in [5.74, 6) is 1.69. The van der Waals surface area contributed by atoms with E-state index in [9.17, 15) is 0 Å². The Balaban J connectivity index is 1.36. The summed E-state index contributed by atoms with van der Waals surface area (Å²) in [6.07, 6.45) is 6.30. The Morgan fingerprint density at radius 3 is 2.54 bits per heavy atom. The van der Waals surface area contributed by atoms with Crippen LogP contribution in [0.25, 0.3) is 10.9 Å². The fourth-order valence-corrected chi connectivity index (χ4v) is 3.90. The number of rotatable bonds is 6. The van der Waals surface area contributed by atoms with Crippen LogP contribution in [-0.2, 0) is 6.54 Å². The Bertz CT molecular complexity index is 925. The second kappa shape index (κ2) is 8.14. The smallest absolute Gasteiger partial charge is 0.225 e. The number of fused-ring (bicyclic) bond motifs is 1. The van der Waals surface area contributed by atoms with Crippen molar-refractivity contribution >= 4 is 22.7 Å². The predicted molar refractivity (Wildman–Crippen MR) is 114 cm³/mol. The molecule has 3 N–H and O–H groups in total. The van der Waals surface area contributed by atoms with Crippen LogP contribution in [0.3, 0.4) is 0 Å². The van der Waals surface area contributed by atoms with Gasteiger partial charge in [0, 0.05) is 38.1 Å². The van der Waals surface area contributed by atoms with Crippen molar-refractivity contribution in [2.45, 2.75) is 51.2 Å². The first-order valence-corrected chi connectivity index (χ1v) is 10.0. The van der Waals surface area contributed by atoms with Gasteiger partial charge in [-0.1, -0.05) is 12.1 Å². The lowest BCUT2D eigenvalue weighted by Gasteiger charge is -2.30. The normalized spacial score (nSPS) is 19.7. The minimum atomic E-state index is 0.420. The number of nitrogens with one attached hydrogen (secondary N) is 3. The predicted octanol–water partition coefficient (Wildman–Crippen LogP) is 3.24. The van der Waals surface area contributed by atoms with Gasteiger partial charge in [0.25, 0.3) is 0 Å². The van der Waals surface area contributed by atoms with Crippen LogP contribution in [-0.4, -0.2) is 46.1 Å². The van der Waals surface area contributed by atoms with E-state index in [-0.39, 0.29) is 0 Å². The maximum absolute atomic E-state index is 4.77. The molecule has 0 aliphatic heterocycles. The zero-order chi connectivity index (χ0) is 19.5. The van der Waals surface area contributed by atoms with E-state index in [4.69, 9.17) is 9.97 Å². The molecule has 1 aromatic carbocycles. The number of benzene rings is 1. The Kier molecular flexibility index (Phi) is 5.43. The van der Waals surface area contributed by atoms with Crippen LogP contribution >= 0.6 is 0 Å². The average Bonchev–Trinajstić information content (AvgIpc) is 3.11. The van der Waals surface area contributed by atoms with Gasteiger partial charge in [-0.15, -0.1) is 0 Å². The Morgan fingerprint density at radius 2 is 1.82 bits per heavy atom. The minimum absolute atomic E-state index is 0.420. The molecule has 2 heterocycles. The first-order chi connectivity index (χ1) is 13.6. The second-order valence-corrected chi connectivity index (χ2v) is 7.82. The van der Waals surface area contributed by atoms with E-state index in [1.165, 1.54) is 5.69 Å². The molecule has 0 amide bonds. The number of imidazole rings is 1. The number of hydrogen-bond acceptors (Lipinski definition) is 6. The summed E-state index contributed by atoms with van der Waals surface area (Å²) in [7, 11) is 4.05. The Hall–Kier alpha value is -2.67. The lowest BCUT2D eigenvalue weighted by atomic mass is 9.91. The second-order valence-electron chi connectivity index (χ2n) is 7.82. The van der Waals surface area contributed by atoms with Gasteiger partial charge in [0.2, 0.25) is 5.95 Å². The van der Waals surface area contributed by atoms with Gasteiger partial charge in [-0.2, -0.15) is 4.98 Å². The molecular formula is C21H29N7. The molecule has 7 heteroatoms. The van der Waals surface area contributed by atoms with Crippen molar-refractivity contribution in [1.29, 1.82) is 0 Å². The number of aromatic amines is 1. The monoisotopic (exact) mass is 379 g/mol. The number of nitrogens with zero attached hydrogens (tertiary/aromatic N) is 4. The molecular weight excluding hydrogens is 350 g/mol. The highest BCUT2D eigenvalue weighted by Gasteiger charge is 2.22. The van der Waals surface area contributed by atoms with Crippen molar-refractivity contribution in [2.75, 3.05) is 24.3 Å². The number of aromatic nitrogens is 4. The third-order valence-electron chi connectivity index (χ3n) is 5.57. The number of para-hydroxylation sites is 1. The lowest BCUT2D eigenvalue weighted by molar-refractivity contribution is 0.351. The van der Waals surface area contributed by atoms with E-state index in [2.05, 4.69) is 26.7 Å². The SMILES string of the molecule is Cc1nc[nH]c1CN[C@H]1CC[C@@H](Nc2nc(N(C)C)c3ccccc3n2)CC1. The molecule has 1 aliphatic carbocycles. The third-order valence-corrected chi connectivity index (χ3v) is 5.57. The van der Waals surface area contributed by atoms with E-state index in [1.807, 2.05) is 44.1 Å². The van der Waals surface area contributed by atoms with E-state index in [0.29, 0.717) is 12.1 Å². The summed E-state index contributed by atoms with van der Waals surface area (Å²) < 4.78 is 0. The van der Waals surface area contributed by atoms with Crippen LogP contribution in [0.15, 0.2) is 30.6 Å². The quantitative estimate of drug-likeness (QED) is 0.610. The van der Waals surface area contributed by atoms with Crippen molar-refractivity contribution in [2.24, 2.45) is 0 Å². The first-order valence-electron chi connectivity index (χ1n) is 10.0. The molecule has 2 aromatic heterocycles. The highest BCUT2D eigenvalue weighted by Crippen LogP contribution is 2.26. The molecule has 1 saturated carbocycles. The zero-order valence-electron chi connectivity index (χ0n) is 16.9. The molecule has 0 saturated heterocycles. The molecule has 0 radical (unpaired) electrons. The Morgan fingerprint density at radius 1 is 1.07 bits per heavy atom. The largest absolute Gasteiger partial charge is 0.362 e. The number of H-pyrrole nitrogens is 1. The molecule has 0 unspecified atom stereocenters. The molecule has 1 fully saturated rings. The highest BCUT2D eigenvalue weighted by molar-refractivity contribution is 5.90. The number of aryl methyl sites for hydroxylation is 1. The summed E-state index contributed by atoms with van der Waals surface area (Å²) in [5.41, 5.74) is 3.24. The van der Waals surface area contributed by atoms with Crippen molar-refractivity contribution in [3.8, 4) is 0 Å². The van der Waals surface area contributed by atoms with Gasteiger partial charge in [-0.05, 0) is 44.7 Å². The van der Waals surface area contributed by atoms with Gasteiger partial charge in [0.05, 0.1) is 23.2 Å². The van der Waals surface area contributed by atoms with Crippen LogP contribution in [0, 0.1) is 6.92 Å². The van der Waals surface area contributed by atoms with Crippen LogP contribution in [0.5, 0.6) is 0 Å². The number of anilines is 2. The average molecular weight is 380 g/mol. The van der Waals surface area contributed by atoms with Crippen molar-refractivity contribution < 1.29 is 0 Å². The van der Waals surface area contributed by atoms with E-state index in [0.717, 1.165) is 60.6 Å². The minimum Gasteiger partial charge on any atom is -0.362 e. The number of hydrogen-bond donors (Lipinski definition) is 3. The topological polar surface area (TPSA) is 81.8 Å². The van der Waals surface area contributed by atoms with Crippen molar-refractivity contribution in [3.05, 3.63) is 42.0 Å². The summed E-state index contributed by atoms with van der Waals surface area (Å²) in [6.45, 7) is 2.90. The molecule has 7 nitrogen and oxygen atoms in total. The summed E-state index contributed by atoms with van der Waals surface area (Å²) in [5, 5.41) is 8.32. The molecule has 148 valence electrons. The van der Waals surface area contributed by atoms with Gasteiger partial charge in [0.15, 0.2) is 0 Å². The molecule has 0 spiro atoms. The first kappa shape index (κ1) is 18.7. The maximum atomic E-state index is 4.77. The molecule has 0 bridgehead atoms. The lowest BCUT2D eigenvalue weighted by Crippen LogP contribution is -2.37. The van der Waals surface area contributed by atoms with E-state index >= 15 is 0 Å². The third kappa shape index (κ3) is 4.09. The maximum Gasteiger partial charge on any atom is 0.225 e. The van der Waals surface area contributed by atoms with E-state index < -0.39 is 0 Å². The molecule has 28 heavy (non-hydrogen) atoms. The van der Waals surface area contributed by atoms with Gasteiger partial charge < -0.3 is 20.5 Å². The van der Waals surface area contributed by atoms with Crippen LogP contribution in [0.4, 0.5) is 11.8 Å². The summed E-state index contributed by atoms with van der Waals surface area (Å²) >= 11 is 0. The fraction of sp³-hybridized carbons (Fsp3) is 0.476. The standard InChI is InChI=1S/C21H29N7/c1-14-19(24-13-23-14)12-22-15-8-10-16(11-9-15)25-21-26-18-7-5-4-6-17(18)20(27-21)28(2)3/h4-7,13,15-16,22H,8-12H2,1-3H3,(H,23,24)(H,25,26,27)/t15-,16+. The fourth-order valence-electron chi connectivity index (χ4n) is 3.90. The van der Waals surface area contributed by atoms with Gasteiger partial charge in [-0.3, -0.25) is 0 Å². The molecule has 4 rings (SSSR count). The van der Waals surface area contributed by atoms with Gasteiger partial charge in [-0.25, -0.2) is 9.97 Å². The van der Waals surface area contributed by atoms with Crippen molar-refractivity contribution in [3.63, 3.8) is 0 Å². The zero-order valence-corrected chi connectivity index (χ0v) is 16.9.